The SMILES string of the molecule is CC(Oc1cccc(N)c1)C(=O)NCC1CCCO1. The van der Waals surface area contributed by atoms with Crippen LogP contribution in [-0.2, 0) is 9.53 Å². The number of nitrogens with two attached hydrogens (primary N) is 1. The normalized spacial score (nSPS) is 19.9. The van der Waals surface area contributed by atoms with Crippen molar-refractivity contribution < 1.29 is 14.3 Å². The fourth-order valence-electron chi connectivity index (χ4n) is 2.01. The number of anilines is 1. The van der Waals surface area contributed by atoms with E-state index in [1.807, 2.05) is 0 Å². The number of rotatable bonds is 5. The van der Waals surface area contributed by atoms with Crippen LogP contribution < -0.4 is 15.8 Å². The second-order valence-electron chi connectivity index (χ2n) is 4.71. The third kappa shape index (κ3) is 4.13. The van der Waals surface area contributed by atoms with Crippen LogP contribution in [0.15, 0.2) is 24.3 Å². The molecule has 0 radical (unpaired) electrons. The van der Waals surface area contributed by atoms with Crippen LogP contribution in [0.1, 0.15) is 19.8 Å². The van der Waals surface area contributed by atoms with Crippen molar-refractivity contribution in [3.63, 3.8) is 0 Å². The summed E-state index contributed by atoms with van der Waals surface area (Å²) < 4.78 is 11.0. The number of carbonyl (C=O) groups excluding carboxylic acids is 1. The average Bonchev–Trinajstić information content (AvgIpc) is 2.89. The molecule has 1 heterocycles. The fraction of sp³-hybridized carbons (Fsp3) is 0.500. The molecule has 2 unspecified atom stereocenters. The van der Waals surface area contributed by atoms with Crippen LogP contribution in [0.25, 0.3) is 0 Å². The van der Waals surface area contributed by atoms with Crippen LogP contribution >= 0.6 is 0 Å². The summed E-state index contributed by atoms with van der Waals surface area (Å²) in [5, 5.41) is 2.84. The zero-order valence-electron chi connectivity index (χ0n) is 11.1. The van der Waals surface area contributed by atoms with Gasteiger partial charge in [0.15, 0.2) is 6.10 Å². The zero-order chi connectivity index (χ0) is 13.7. The average molecular weight is 264 g/mol. The monoisotopic (exact) mass is 264 g/mol. The Morgan fingerprint density at radius 1 is 1.63 bits per heavy atom. The Morgan fingerprint density at radius 3 is 3.16 bits per heavy atom. The lowest BCUT2D eigenvalue weighted by Crippen LogP contribution is -2.40. The predicted molar refractivity (Wildman–Crippen MR) is 72.9 cm³/mol. The molecule has 1 aromatic rings. The number of hydrogen-bond acceptors (Lipinski definition) is 4. The largest absolute Gasteiger partial charge is 0.481 e. The second kappa shape index (κ2) is 6.43. The van der Waals surface area contributed by atoms with Crippen LogP contribution in [0, 0.1) is 0 Å². The molecule has 5 heteroatoms. The molecule has 3 N–H and O–H groups in total. The van der Waals surface area contributed by atoms with Crippen LogP contribution in [0.2, 0.25) is 0 Å². The molecule has 2 rings (SSSR count). The van der Waals surface area contributed by atoms with Gasteiger partial charge in [0.25, 0.3) is 5.91 Å². The van der Waals surface area contributed by atoms with E-state index in [4.69, 9.17) is 15.2 Å². The summed E-state index contributed by atoms with van der Waals surface area (Å²) in [5.74, 6) is 0.456. The Morgan fingerprint density at radius 2 is 2.47 bits per heavy atom. The van der Waals surface area contributed by atoms with Gasteiger partial charge in [-0.15, -0.1) is 0 Å². The predicted octanol–water partition coefficient (Wildman–Crippen LogP) is 1.33. The van der Waals surface area contributed by atoms with E-state index in [9.17, 15) is 4.79 Å². The van der Waals surface area contributed by atoms with E-state index in [1.54, 1.807) is 31.2 Å². The third-order valence-electron chi connectivity index (χ3n) is 3.07. The topological polar surface area (TPSA) is 73.6 Å². The summed E-state index contributed by atoms with van der Waals surface area (Å²) in [6, 6.07) is 7.04. The molecule has 5 nitrogen and oxygen atoms in total. The first-order valence-corrected chi connectivity index (χ1v) is 6.56. The van der Waals surface area contributed by atoms with E-state index < -0.39 is 6.10 Å². The van der Waals surface area contributed by atoms with Crippen molar-refractivity contribution in [2.75, 3.05) is 18.9 Å². The molecule has 2 atom stereocenters. The second-order valence-corrected chi connectivity index (χ2v) is 4.71. The number of nitrogen functional groups attached to an aromatic ring is 1. The maximum absolute atomic E-state index is 11.9. The lowest BCUT2D eigenvalue weighted by atomic mass is 10.2. The number of amides is 1. The Bertz CT molecular complexity index is 430. The van der Waals surface area contributed by atoms with Crippen LogP contribution in [0.5, 0.6) is 5.75 Å². The van der Waals surface area contributed by atoms with Gasteiger partial charge in [0.2, 0.25) is 0 Å². The van der Waals surface area contributed by atoms with Crippen molar-refractivity contribution in [1.29, 1.82) is 0 Å². The summed E-state index contributed by atoms with van der Waals surface area (Å²) in [7, 11) is 0. The van der Waals surface area contributed by atoms with Gasteiger partial charge in [0.1, 0.15) is 5.75 Å². The molecule has 104 valence electrons. The van der Waals surface area contributed by atoms with Crippen molar-refractivity contribution in [2.24, 2.45) is 0 Å². The van der Waals surface area contributed by atoms with Crippen molar-refractivity contribution in [3.8, 4) is 5.75 Å². The minimum atomic E-state index is -0.553. The van der Waals surface area contributed by atoms with Gasteiger partial charge >= 0.3 is 0 Å². The molecule has 0 spiro atoms. The van der Waals surface area contributed by atoms with Gasteiger partial charge in [-0.2, -0.15) is 0 Å². The van der Waals surface area contributed by atoms with Crippen molar-refractivity contribution in [2.45, 2.75) is 32.0 Å². The van der Waals surface area contributed by atoms with Crippen molar-refractivity contribution in [3.05, 3.63) is 24.3 Å². The first kappa shape index (κ1) is 13.7. The van der Waals surface area contributed by atoms with Gasteiger partial charge in [0, 0.05) is 24.9 Å². The highest BCUT2D eigenvalue weighted by molar-refractivity contribution is 5.80. The highest BCUT2D eigenvalue weighted by Crippen LogP contribution is 2.16. The van der Waals surface area contributed by atoms with Crippen LogP contribution in [0.4, 0.5) is 5.69 Å². The Hall–Kier alpha value is -1.75. The molecule has 19 heavy (non-hydrogen) atoms. The summed E-state index contributed by atoms with van der Waals surface area (Å²) in [6.45, 7) is 3.05. The van der Waals surface area contributed by atoms with Gasteiger partial charge in [-0.3, -0.25) is 4.79 Å². The highest BCUT2D eigenvalue weighted by Gasteiger charge is 2.19. The number of ether oxygens (including phenoxy) is 2. The number of benzene rings is 1. The third-order valence-corrected chi connectivity index (χ3v) is 3.07. The van der Waals surface area contributed by atoms with Crippen LogP contribution in [0.3, 0.4) is 0 Å². The van der Waals surface area contributed by atoms with E-state index >= 15 is 0 Å². The van der Waals surface area contributed by atoms with Crippen molar-refractivity contribution >= 4 is 11.6 Å². The molecular formula is C14H20N2O3. The zero-order valence-corrected chi connectivity index (χ0v) is 11.1. The van der Waals surface area contributed by atoms with Crippen LogP contribution in [-0.4, -0.2) is 31.3 Å². The van der Waals surface area contributed by atoms with E-state index in [0.717, 1.165) is 19.4 Å². The van der Waals surface area contributed by atoms with E-state index in [1.165, 1.54) is 0 Å². The Kier molecular flexibility index (Phi) is 4.63. The maximum atomic E-state index is 11.9. The molecule has 1 aromatic carbocycles. The first-order valence-electron chi connectivity index (χ1n) is 6.56. The molecule has 0 aliphatic carbocycles. The number of hydrogen-bond donors (Lipinski definition) is 2. The summed E-state index contributed by atoms with van der Waals surface area (Å²) in [5.41, 5.74) is 6.27. The Balaban J connectivity index is 1.78. The van der Waals surface area contributed by atoms with Crippen molar-refractivity contribution in [1.82, 2.24) is 5.32 Å². The first-order chi connectivity index (χ1) is 9.15. The summed E-state index contributed by atoms with van der Waals surface area (Å²) in [4.78, 5) is 11.9. The molecular weight excluding hydrogens is 244 g/mol. The number of nitrogens with one attached hydrogen (secondary N) is 1. The van der Waals surface area contributed by atoms with Gasteiger partial charge < -0.3 is 20.5 Å². The summed E-state index contributed by atoms with van der Waals surface area (Å²) in [6.07, 6.45) is 1.66. The smallest absolute Gasteiger partial charge is 0.260 e. The van der Waals surface area contributed by atoms with E-state index in [-0.39, 0.29) is 12.0 Å². The summed E-state index contributed by atoms with van der Waals surface area (Å²) >= 11 is 0. The van der Waals surface area contributed by atoms with Gasteiger partial charge in [-0.25, -0.2) is 0 Å². The highest BCUT2D eigenvalue weighted by atomic mass is 16.5. The molecule has 1 amide bonds. The standard InChI is InChI=1S/C14H20N2O3/c1-10(19-12-5-2-4-11(15)8-12)14(17)16-9-13-6-3-7-18-13/h2,4-5,8,10,13H,3,6-7,9,15H2,1H3,(H,16,17). The molecule has 0 saturated carbocycles. The molecule has 1 fully saturated rings. The Labute approximate surface area is 113 Å². The number of carbonyl (C=O) groups is 1. The lowest BCUT2D eigenvalue weighted by molar-refractivity contribution is -0.127. The quantitative estimate of drug-likeness (QED) is 0.787. The van der Waals surface area contributed by atoms with E-state index in [2.05, 4.69) is 5.32 Å². The fourth-order valence-corrected chi connectivity index (χ4v) is 2.01. The van der Waals surface area contributed by atoms with Gasteiger partial charge in [-0.05, 0) is 31.9 Å². The molecule has 1 aliphatic rings. The molecule has 1 aliphatic heterocycles. The minimum absolute atomic E-state index is 0.141. The lowest BCUT2D eigenvalue weighted by Gasteiger charge is -2.16. The minimum Gasteiger partial charge on any atom is -0.481 e. The van der Waals surface area contributed by atoms with Gasteiger partial charge in [-0.1, -0.05) is 6.07 Å². The van der Waals surface area contributed by atoms with Gasteiger partial charge in [0.05, 0.1) is 6.10 Å². The molecule has 1 saturated heterocycles. The molecule has 0 bridgehead atoms. The van der Waals surface area contributed by atoms with E-state index in [0.29, 0.717) is 18.0 Å². The molecule has 0 aromatic heterocycles. The maximum Gasteiger partial charge on any atom is 0.260 e.